The summed E-state index contributed by atoms with van der Waals surface area (Å²) < 4.78 is 32.1. The van der Waals surface area contributed by atoms with E-state index >= 15 is 0 Å². The predicted molar refractivity (Wildman–Crippen MR) is 106 cm³/mol. The first-order chi connectivity index (χ1) is 13.7. The van der Waals surface area contributed by atoms with Gasteiger partial charge in [0.05, 0.1) is 13.0 Å². The fraction of sp³-hybridized carbons (Fsp3) is 0.389. The van der Waals surface area contributed by atoms with E-state index < -0.39 is 32.1 Å². The van der Waals surface area contributed by atoms with Crippen molar-refractivity contribution in [2.45, 2.75) is 24.7 Å². The Morgan fingerprint density at radius 2 is 1.90 bits per heavy atom. The van der Waals surface area contributed by atoms with Crippen molar-refractivity contribution in [3.63, 3.8) is 0 Å². The smallest absolute Gasteiger partial charge is 0.325 e. The van der Waals surface area contributed by atoms with E-state index in [9.17, 15) is 22.8 Å². The molecule has 11 heteroatoms. The van der Waals surface area contributed by atoms with Crippen LogP contribution in [0.25, 0.3) is 0 Å². The number of sulfonamides is 1. The molecule has 156 valence electrons. The maximum absolute atomic E-state index is 13.0. The van der Waals surface area contributed by atoms with Crippen LogP contribution in [-0.4, -0.2) is 48.8 Å². The van der Waals surface area contributed by atoms with Crippen molar-refractivity contribution in [3.8, 4) is 5.75 Å². The largest absolute Gasteiger partial charge is 0.497 e. The average molecular weight is 422 g/mol. The minimum atomic E-state index is -4.17. The van der Waals surface area contributed by atoms with E-state index in [0.717, 1.165) is 4.31 Å². The number of hydrogen-bond donors (Lipinski definition) is 3. The summed E-state index contributed by atoms with van der Waals surface area (Å²) in [6, 6.07) is 6.80. The van der Waals surface area contributed by atoms with E-state index in [1.165, 1.54) is 6.92 Å². The van der Waals surface area contributed by atoms with Crippen LogP contribution in [0.3, 0.4) is 0 Å². The zero-order valence-electron chi connectivity index (χ0n) is 16.0. The number of nitrogens with zero attached hydrogens (tertiary/aromatic N) is 1. The zero-order chi connectivity index (χ0) is 21.2. The standard InChI is InChI=1S/C18H22N4O6S/c1-11-15(17(24)21-18(25)19-11)29(26,27)22-9-3-4-12(10-22)16(23)20-13-5-7-14(28-2)8-6-13/h5-8,12H,3-4,9-10H2,1-2H3,(H,20,23)(H2,19,21,24,25)/t12-/m0/s1. The van der Waals surface area contributed by atoms with Gasteiger partial charge in [-0.3, -0.25) is 14.6 Å². The molecule has 1 atom stereocenters. The molecule has 3 rings (SSSR count). The number of ether oxygens (including phenoxy) is 1. The molecule has 1 amide bonds. The van der Waals surface area contributed by atoms with Gasteiger partial charge in [-0.1, -0.05) is 0 Å². The highest BCUT2D eigenvalue weighted by atomic mass is 32.2. The second-order valence-electron chi connectivity index (χ2n) is 6.78. The van der Waals surface area contributed by atoms with Gasteiger partial charge in [0.15, 0.2) is 4.90 Å². The molecule has 3 N–H and O–H groups in total. The molecule has 1 fully saturated rings. The van der Waals surface area contributed by atoms with Gasteiger partial charge >= 0.3 is 5.69 Å². The number of H-pyrrole nitrogens is 2. The number of rotatable bonds is 5. The molecule has 1 saturated heterocycles. The Kier molecular flexibility index (Phi) is 5.89. The number of methoxy groups -OCH3 is 1. The number of amides is 1. The molecule has 2 aromatic rings. The van der Waals surface area contributed by atoms with Crippen LogP contribution in [0.4, 0.5) is 5.69 Å². The molecule has 10 nitrogen and oxygen atoms in total. The number of anilines is 1. The van der Waals surface area contributed by atoms with Gasteiger partial charge in [0, 0.05) is 24.5 Å². The van der Waals surface area contributed by atoms with E-state index in [4.69, 9.17) is 4.74 Å². The Bertz CT molecular complexity index is 1120. The van der Waals surface area contributed by atoms with Gasteiger partial charge in [-0.2, -0.15) is 4.31 Å². The van der Waals surface area contributed by atoms with Crippen LogP contribution in [0.5, 0.6) is 5.75 Å². The Hall–Kier alpha value is -2.92. The molecule has 29 heavy (non-hydrogen) atoms. The van der Waals surface area contributed by atoms with Gasteiger partial charge in [0.25, 0.3) is 5.56 Å². The lowest BCUT2D eigenvalue weighted by atomic mass is 9.99. The average Bonchev–Trinajstić information content (AvgIpc) is 2.67. The number of hydrogen-bond acceptors (Lipinski definition) is 6. The zero-order valence-corrected chi connectivity index (χ0v) is 16.8. The summed E-state index contributed by atoms with van der Waals surface area (Å²) >= 11 is 0. The van der Waals surface area contributed by atoms with Crippen molar-refractivity contribution in [2.24, 2.45) is 5.92 Å². The molecule has 1 aliphatic heterocycles. The van der Waals surface area contributed by atoms with Gasteiger partial charge in [-0.25, -0.2) is 13.2 Å². The van der Waals surface area contributed by atoms with E-state index in [-0.39, 0.29) is 24.7 Å². The summed E-state index contributed by atoms with van der Waals surface area (Å²) in [6.45, 7) is 1.48. The van der Waals surface area contributed by atoms with Gasteiger partial charge in [-0.15, -0.1) is 0 Å². The molecule has 0 spiro atoms. The number of carbonyl (C=O) groups excluding carboxylic acids is 1. The number of aromatic amines is 2. The Labute approximate surface area is 167 Å². The van der Waals surface area contributed by atoms with E-state index in [1.807, 2.05) is 4.98 Å². The van der Waals surface area contributed by atoms with E-state index in [0.29, 0.717) is 24.3 Å². The SMILES string of the molecule is COc1ccc(NC(=O)[C@H]2CCCN(S(=O)(=O)c3c(C)[nH]c(=O)[nH]c3=O)C2)cc1. The van der Waals surface area contributed by atoms with Crippen molar-refractivity contribution in [3.05, 3.63) is 50.8 Å². The molecule has 0 bridgehead atoms. The summed E-state index contributed by atoms with van der Waals surface area (Å²) in [4.78, 5) is 39.8. The summed E-state index contributed by atoms with van der Waals surface area (Å²) in [6.07, 6.45) is 0.995. The topological polar surface area (TPSA) is 141 Å². The Morgan fingerprint density at radius 1 is 1.21 bits per heavy atom. The van der Waals surface area contributed by atoms with Crippen LogP contribution in [0.15, 0.2) is 38.8 Å². The normalized spacial score (nSPS) is 17.7. The fourth-order valence-electron chi connectivity index (χ4n) is 3.32. The van der Waals surface area contributed by atoms with Crippen molar-refractivity contribution in [1.82, 2.24) is 14.3 Å². The highest BCUT2D eigenvalue weighted by molar-refractivity contribution is 7.89. The maximum Gasteiger partial charge on any atom is 0.325 e. The van der Waals surface area contributed by atoms with Gasteiger partial charge < -0.3 is 15.0 Å². The van der Waals surface area contributed by atoms with Crippen LogP contribution in [0.2, 0.25) is 0 Å². The fourth-order valence-corrected chi connectivity index (χ4v) is 5.05. The lowest BCUT2D eigenvalue weighted by Gasteiger charge is -2.31. The third kappa shape index (κ3) is 4.40. The number of nitrogens with one attached hydrogen (secondary N) is 3. The first kappa shape index (κ1) is 20.8. The molecule has 0 unspecified atom stereocenters. The van der Waals surface area contributed by atoms with Crippen LogP contribution >= 0.6 is 0 Å². The number of carbonyl (C=O) groups is 1. The van der Waals surface area contributed by atoms with Crippen molar-refractivity contribution >= 4 is 21.6 Å². The minimum absolute atomic E-state index is 0.0384. The molecular weight excluding hydrogens is 400 g/mol. The van der Waals surface area contributed by atoms with Crippen molar-refractivity contribution in [1.29, 1.82) is 0 Å². The number of aryl methyl sites for hydroxylation is 1. The summed E-state index contributed by atoms with van der Waals surface area (Å²) in [5.74, 6) is -0.218. The van der Waals surface area contributed by atoms with Crippen LogP contribution in [0.1, 0.15) is 18.5 Å². The minimum Gasteiger partial charge on any atom is -0.497 e. The first-order valence-electron chi connectivity index (χ1n) is 9.00. The van der Waals surface area contributed by atoms with Crippen molar-refractivity contribution in [2.75, 3.05) is 25.5 Å². The number of piperidine rings is 1. The molecule has 0 saturated carbocycles. The van der Waals surface area contributed by atoms with Crippen LogP contribution in [-0.2, 0) is 14.8 Å². The monoisotopic (exact) mass is 422 g/mol. The Morgan fingerprint density at radius 3 is 2.52 bits per heavy atom. The summed E-state index contributed by atoms with van der Waals surface area (Å²) in [5.41, 5.74) is -1.22. The van der Waals surface area contributed by atoms with Gasteiger partial charge in [0.1, 0.15) is 5.75 Å². The van der Waals surface area contributed by atoms with Crippen molar-refractivity contribution < 1.29 is 17.9 Å². The maximum atomic E-state index is 13.0. The van der Waals surface area contributed by atoms with Gasteiger partial charge in [0.2, 0.25) is 15.9 Å². The first-order valence-corrected chi connectivity index (χ1v) is 10.4. The second-order valence-corrected chi connectivity index (χ2v) is 8.66. The summed E-state index contributed by atoms with van der Waals surface area (Å²) in [5, 5.41) is 2.77. The number of aromatic nitrogens is 2. The lowest BCUT2D eigenvalue weighted by molar-refractivity contribution is -0.120. The van der Waals surface area contributed by atoms with E-state index in [2.05, 4.69) is 10.3 Å². The third-order valence-corrected chi connectivity index (χ3v) is 6.80. The molecule has 1 aromatic heterocycles. The molecular formula is C18H22N4O6S. The highest BCUT2D eigenvalue weighted by Crippen LogP contribution is 2.24. The molecule has 1 aliphatic rings. The van der Waals surface area contributed by atoms with E-state index in [1.54, 1.807) is 31.4 Å². The highest BCUT2D eigenvalue weighted by Gasteiger charge is 2.35. The van der Waals surface area contributed by atoms with Crippen LogP contribution in [0, 0.1) is 12.8 Å². The molecule has 1 aromatic carbocycles. The quantitative estimate of drug-likeness (QED) is 0.638. The second kappa shape index (κ2) is 8.21. The third-order valence-electron chi connectivity index (χ3n) is 4.79. The Balaban J connectivity index is 1.78. The molecule has 0 aliphatic carbocycles. The molecule has 0 radical (unpaired) electrons. The molecule has 2 heterocycles. The lowest BCUT2D eigenvalue weighted by Crippen LogP contribution is -2.45. The van der Waals surface area contributed by atoms with Gasteiger partial charge in [-0.05, 0) is 44.0 Å². The summed E-state index contributed by atoms with van der Waals surface area (Å²) in [7, 11) is -2.62. The predicted octanol–water partition coefficient (Wildman–Crippen LogP) is 0.420. The van der Waals surface area contributed by atoms with Crippen LogP contribution < -0.4 is 21.3 Å². The number of benzene rings is 1.